The molecule has 1 aromatic carbocycles. The van der Waals surface area contributed by atoms with Crippen LogP contribution in [0.1, 0.15) is 28.8 Å². The lowest BCUT2D eigenvalue weighted by atomic mass is 10.0. The lowest BCUT2D eigenvalue weighted by Gasteiger charge is -2.49. The number of hydrogen-bond donors (Lipinski definition) is 2. The number of benzene rings is 1. The average Bonchev–Trinajstić information content (AvgIpc) is 3.30. The molecule has 2 aliphatic heterocycles. The molecule has 10 nitrogen and oxygen atoms in total. The Balaban J connectivity index is 1.38. The molecule has 0 radical (unpaired) electrons. The van der Waals surface area contributed by atoms with Gasteiger partial charge in [-0.25, -0.2) is 4.79 Å². The molecular weight excluding hydrogens is 500 g/mol. The number of thioether (sulfide) groups is 1. The molecule has 1 saturated heterocycles. The molecule has 2 aliphatic rings. The first-order chi connectivity index (χ1) is 16.7. The largest absolute Gasteiger partial charge is 0.486 e. The van der Waals surface area contributed by atoms with Gasteiger partial charge in [0.15, 0.2) is 5.76 Å². The lowest BCUT2D eigenvalue weighted by Crippen LogP contribution is -2.70. The summed E-state index contributed by atoms with van der Waals surface area (Å²) in [6.07, 6.45) is 0. The smallest absolute Gasteiger partial charge is 0.352 e. The first kappa shape index (κ1) is 24.7. The second-order valence-corrected chi connectivity index (χ2v) is 9.38. The third-order valence-electron chi connectivity index (χ3n) is 5.38. The average molecular weight is 521 g/mol. The predicted molar refractivity (Wildman–Crippen MR) is 125 cm³/mol. The molecule has 2 atom stereocenters. The van der Waals surface area contributed by atoms with E-state index >= 15 is 0 Å². The van der Waals surface area contributed by atoms with E-state index in [0.29, 0.717) is 22.1 Å². The van der Waals surface area contributed by atoms with Gasteiger partial charge in [-0.2, -0.15) is 0 Å². The van der Waals surface area contributed by atoms with Gasteiger partial charge in [0, 0.05) is 23.3 Å². The Morgan fingerprint density at radius 3 is 2.71 bits per heavy atom. The zero-order chi connectivity index (χ0) is 25.3. The summed E-state index contributed by atoms with van der Waals surface area (Å²) in [5.74, 6) is -1.80. The molecule has 184 valence electrons. The minimum absolute atomic E-state index is 0.00695. The minimum atomic E-state index is -1.30. The molecule has 0 aliphatic carbocycles. The van der Waals surface area contributed by atoms with Crippen LogP contribution in [0.15, 0.2) is 46.0 Å². The number of carbonyl (C=O) groups is 4. The molecule has 2 N–H and O–H groups in total. The number of halogens is 1. The summed E-state index contributed by atoms with van der Waals surface area (Å²) in [6, 6.07) is 7.37. The molecule has 0 bridgehead atoms. The van der Waals surface area contributed by atoms with Crippen LogP contribution >= 0.6 is 23.4 Å². The Labute approximate surface area is 209 Å². The van der Waals surface area contributed by atoms with Gasteiger partial charge < -0.3 is 24.3 Å². The Morgan fingerprint density at radius 2 is 2.03 bits per heavy atom. The number of fused-ring (bicyclic) bond motifs is 1. The van der Waals surface area contributed by atoms with Gasteiger partial charge >= 0.3 is 11.9 Å². The van der Waals surface area contributed by atoms with Crippen molar-refractivity contribution < 1.29 is 38.2 Å². The number of esters is 1. The Hall–Kier alpha value is -3.44. The molecule has 4 rings (SSSR count). The molecular formula is C23H21ClN2O8S. The molecule has 0 unspecified atom stereocenters. The molecule has 12 heteroatoms. The number of nitrogens with one attached hydrogen (secondary N) is 1. The van der Waals surface area contributed by atoms with Crippen LogP contribution in [0.25, 0.3) is 0 Å². The SMILES string of the molecule is CC(=O)OCC1=C(C(=O)O)N2C(=O)[C@@H](NC(=O)c3ccc(COc4ccc(Cl)c(C)c4)o3)[C@H]2SC1. The van der Waals surface area contributed by atoms with Crippen molar-refractivity contribution in [3.8, 4) is 5.75 Å². The van der Waals surface area contributed by atoms with Gasteiger partial charge in [0.25, 0.3) is 11.8 Å². The van der Waals surface area contributed by atoms with E-state index in [9.17, 15) is 24.3 Å². The first-order valence-electron chi connectivity index (χ1n) is 10.5. The van der Waals surface area contributed by atoms with Crippen molar-refractivity contribution in [1.29, 1.82) is 0 Å². The second-order valence-electron chi connectivity index (χ2n) is 7.86. The van der Waals surface area contributed by atoms with Crippen molar-refractivity contribution in [2.75, 3.05) is 12.4 Å². The highest BCUT2D eigenvalue weighted by Gasteiger charge is 2.54. The van der Waals surface area contributed by atoms with E-state index in [1.54, 1.807) is 24.3 Å². The van der Waals surface area contributed by atoms with Gasteiger partial charge in [-0.05, 0) is 42.8 Å². The van der Waals surface area contributed by atoms with Crippen molar-refractivity contribution in [2.24, 2.45) is 0 Å². The number of ether oxygens (including phenoxy) is 2. The number of aryl methyl sites for hydroxylation is 1. The maximum absolute atomic E-state index is 12.7. The molecule has 2 amide bonds. The molecule has 1 aromatic heterocycles. The Bertz CT molecular complexity index is 1240. The fourth-order valence-electron chi connectivity index (χ4n) is 3.63. The summed E-state index contributed by atoms with van der Waals surface area (Å²) in [7, 11) is 0. The fraction of sp³-hybridized carbons (Fsp3) is 0.304. The van der Waals surface area contributed by atoms with Crippen molar-refractivity contribution in [3.05, 3.63) is 63.7 Å². The number of carboxylic acid groups (broad SMARTS) is 1. The maximum Gasteiger partial charge on any atom is 0.352 e. The Morgan fingerprint density at radius 1 is 1.26 bits per heavy atom. The van der Waals surface area contributed by atoms with E-state index in [1.165, 1.54) is 24.8 Å². The Kier molecular flexibility index (Phi) is 7.08. The summed E-state index contributed by atoms with van der Waals surface area (Å²) in [4.78, 5) is 49.3. The molecule has 0 saturated carbocycles. The van der Waals surface area contributed by atoms with Crippen LogP contribution in [0.3, 0.4) is 0 Å². The summed E-state index contributed by atoms with van der Waals surface area (Å²) in [5, 5.41) is 12.2. The van der Waals surface area contributed by atoms with Crippen molar-refractivity contribution >= 4 is 47.1 Å². The van der Waals surface area contributed by atoms with E-state index in [0.717, 1.165) is 10.5 Å². The van der Waals surface area contributed by atoms with Crippen molar-refractivity contribution in [1.82, 2.24) is 10.2 Å². The zero-order valence-corrected chi connectivity index (χ0v) is 20.3. The van der Waals surface area contributed by atoms with Crippen LogP contribution in [-0.4, -0.2) is 57.5 Å². The number of carboxylic acids is 1. The second kappa shape index (κ2) is 10.0. The van der Waals surface area contributed by atoms with Gasteiger partial charge in [0.05, 0.1) is 0 Å². The van der Waals surface area contributed by atoms with E-state index in [1.807, 2.05) is 6.92 Å². The first-order valence-corrected chi connectivity index (χ1v) is 11.9. The van der Waals surface area contributed by atoms with Gasteiger partial charge in [0.1, 0.15) is 41.8 Å². The summed E-state index contributed by atoms with van der Waals surface area (Å²) in [6.45, 7) is 2.93. The summed E-state index contributed by atoms with van der Waals surface area (Å²) >= 11 is 7.28. The van der Waals surface area contributed by atoms with E-state index in [2.05, 4.69) is 5.32 Å². The predicted octanol–water partition coefficient (Wildman–Crippen LogP) is 2.74. The normalized spacial score (nSPS) is 19.1. The van der Waals surface area contributed by atoms with Crippen molar-refractivity contribution in [2.45, 2.75) is 31.9 Å². The topological polar surface area (TPSA) is 135 Å². The van der Waals surface area contributed by atoms with E-state index in [4.69, 9.17) is 25.5 Å². The van der Waals surface area contributed by atoms with E-state index < -0.39 is 35.2 Å². The third-order valence-corrected chi connectivity index (χ3v) is 7.15. The van der Waals surface area contributed by atoms with Crippen LogP contribution in [0.4, 0.5) is 0 Å². The molecule has 2 aromatic rings. The van der Waals surface area contributed by atoms with Crippen LogP contribution < -0.4 is 10.1 Å². The number of carbonyl (C=O) groups excluding carboxylic acids is 3. The highest BCUT2D eigenvalue weighted by atomic mass is 35.5. The van der Waals surface area contributed by atoms with Gasteiger partial charge in [-0.3, -0.25) is 19.3 Å². The highest BCUT2D eigenvalue weighted by Crippen LogP contribution is 2.40. The maximum atomic E-state index is 12.7. The zero-order valence-electron chi connectivity index (χ0n) is 18.7. The number of β-lactam (4-membered cyclic amide) rings is 1. The van der Waals surface area contributed by atoms with Crippen molar-refractivity contribution in [3.63, 3.8) is 0 Å². The number of nitrogens with zero attached hydrogens (tertiary/aromatic N) is 1. The fourth-order valence-corrected chi connectivity index (χ4v) is 5.08. The molecule has 35 heavy (non-hydrogen) atoms. The number of hydrogen-bond acceptors (Lipinski definition) is 8. The molecule has 1 fully saturated rings. The van der Waals surface area contributed by atoms with Crippen LogP contribution in [-0.2, 0) is 25.7 Å². The minimum Gasteiger partial charge on any atom is -0.486 e. The third kappa shape index (κ3) is 5.15. The highest BCUT2D eigenvalue weighted by molar-refractivity contribution is 8.00. The number of rotatable bonds is 8. The standard InChI is InChI=1S/C23H21ClN2O8S/c1-11-7-14(3-5-16(11)24)33-9-15-4-6-17(34-15)20(28)25-18-21(29)26-19(23(30)31)13(8-32-12(2)27)10-35-22(18)26/h3-7,18,22H,8-10H2,1-2H3,(H,25,28)(H,30,31)/t18-,22-/m1/s1. The summed E-state index contributed by atoms with van der Waals surface area (Å²) < 4.78 is 16.1. The van der Waals surface area contributed by atoms with Crippen LogP contribution in [0, 0.1) is 6.92 Å². The van der Waals surface area contributed by atoms with E-state index in [-0.39, 0.29) is 30.4 Å². The number of furan rings is 1. The van der Waals surface area contributed by atoms with Crippen LogP contribution in [0.5, 0.6) is 5.75 Å². The summed E-state index contributed by atoms with van der Waals surface area (Å²) in [5.41, 5.74) is 0.960. The van der Waals surface area contributed by atoms with Gasteiger partial charge in [-0.1, -0.05) is 11.6 Å². The number of amides is 2. The molecule has 0 spiro atoms. The lowest BCUT2D eigenvalue weighted by molar-refractivity contribution is -0.149. The van der Waals surface area contributed by atoms with Gasteiger partial charge in [0.2, 0.25) is 0 Å². The van der Waals surface area contributed by atoms with Gasteiger partial charge in [-0.15, -0.1) is 11.8 Å². The quantitative estimate of drug-likeness (QED) is 0.397. The van der Waals surface area contributed by atoms with Crippen LogP contribution in [0.2, 0.25) is 5.02 Å². The number of aliphatic carboxylic acids is 1. The molecule has 3 heterocycles. The monoisotopic (exact) mass is 520 g/mol.